The number of rotatable bonds is 8. The monoisotopic (exact) mass is 306 g/mol. The summed E-state index contributed by atoms with van der Waals surface area (Å²) in [4.78, 5) is 50.0. The van der Waals surface area contributed by atoms with Crippen LogP contribution in [0.2, 0.25) is 0 Å². The Morgan fingerprint density at radius 3 is 2.05 bits per heavy atom. The first-order valence-electron chi connectivity index (χ1n) is 6.43. The van der Waals surface area contributed by atoms with E-state index in [0.717, 1.165) is 0 Å². The molecule has 8 nitrogen and oxygen atoms in total. The summed E-state index contributed by atoms with van der Waals surface area (Å²) >= 11 is 0. The summed E-state index contributed by atoms with van der Waals surface area (Å²) in [7, 11) is 0. The third-order valence-corrected chi connectivity index (χ3v) is 3.50. The third-order valence-electron chi connectivity index (χ3n) is 3.50. The topological polar surface area (TPSA) is 133 Å². The van der Waals surface area contributed by atoms with Crippen LogP contribution in [0.3, 0.4) is 0 Å². The van der Waals surface area contributed by atoms with Crippen molar-refractivity contribution >= 4 is 24.1 Å². The molecule has 1 aliphatic rings. The molecule has 0 aromatic rings. The quantitative estimate of drug-likeness (QED) is 0.388. The second kappa shape index (κ2) is 7.83. The summed E-state index contributed by atoms with van der Waals surface area (Å²) in [5.74, 6) is -2.67. The van der Waals surface area contributed by atoms with Crippen LogP contribution in [0.4, 0.5) is 0 Å². The van der Waals surface area contributed by atoms with Gasteiger partial charge in [0.1, 0.15) is 0 Å². The van der Waals surface area contributed by atoms with Gasteiger partial charge in [-0.1, -0.05) is 12.2 Å². The van der Waals surface area contributed by atoms with Crippen molar-refractivity contribution in [3.63, 3.8) is 0 Å². The number of isocyanates is 2. The summed E-state index contributed by atoms with van der Waals surface area (Å²) in [5.41, 5.74) is -1.64. The lowest BCUT2D eigenvalue weighted by atomic mass is 9.69. The van der Waals surface area contributed by atoms with E-state index in [0.29, 0.717) is 0 Å². The summed E-state index contributed by atoms with van der Waals surface area (Å²) in [6.07, 6.45) is 6.06. The van der Waals surface area contributed by atoms with Gasteiger partial charge in [0, 0.05) is 5.41 Å². The van der Waals surface area contributed by atoms with Crippen molar-refractivity contribution in [3.8, 4) is 0 Å². The summed E-state index contributed by atoms with van der Waals surface area (Å²) in [6.45, 7) is -0.0232. The fraction of sp³-hybridized carbons (Fsp3) is 0.429. The lowest BCUT2D eigenvalue weighted by Crippen LogP contribution is -2.32. The maximum Gasteiger partial charge on any atom is 0.333 e. The molecule has 0 aromatic heterocycles. The van der Waals surface area contributed by atoms with Crippen LogP contribution in [-0.4, -0.2) is 47.4 Å². The van der Waals surface area contributed by atoms with Gasteiger partial charge in [0.05, 0.1) is 24.2 Å². The highest BCUT2D eigenvalue weighted by Crippen LogP contribution is 2.42. The first-order chi connectivity index (χ1) is 10.5. The number of carboxylic acid groups (broad SMARTS) is 2. The Morgan fingerprint density at radius 1 is 1.09 bits per heavy atom. The second-order valence-electron chi connectivity index (χ2n) is 4.67. The lowest BCUT2D eigenvalue weighted by Gasteiger charge is -2.34. The Labute approximate surface area is 125 Å². The van der Waals surface area contributed by atoms with Crippen LogP contribution < -0.4 is 0 Å². The normalized spacial score (nSPS) is 20.0. The van der Waals surface area contributed by atoms with Crippen molar-refractivity contribution in [2.45, 2.75) is 19.3 Å². The van der Waals surface area contributed by atoms with Crippen molar-refractivity contribution in [2.75, 3.05) is 13.1 Å². The highest BCUT2D eigenvalue weighted by molar-refractivity contribution is 6.00. The zero-order valence-corrected chi connectivity index (χ0v) is 11.6. The van der Waals surface area contributed by atoms with Crippen LogP contribution in [0.25, 0.3) is 0 Å². The van der Waals surface area contributed by atoms with Crippen LogP contribution in [0, 0.1) is 5.41 Å². The number of carbonyl (C=O) groups is 2. The Hall–Kier alpha value is -2.82. The van der Waals surface area contributed by atoms with E-state index in [9.17, 15) is 29.4 Å². The van der Waals surface area contributed by atoms with E-state index in [1.54, 1.807) is 12.2 Å². The van der Waals surface area contributed by atoms with Crippen molar-refractivity contribution in [1.29, 1.82) is 0 Å². The predicted molar refractivity (Wildman–Crippen MR) is 73.7 cm³/mol. The fourth-order valence-electron chi connectivity index (χ4n) is 2.57. The Morgan fingerprint density at radius 2 is 1.64 bits per heavy atom. The molecule has 1 aliphatic carbocycles. The average Bonchev–Trinajstić information content (AvgIpc) is 2.47. The van der Waals surface area contributed by atoms with Gasteiger partial charge >= 0.3 is 11.9 Å². The standard InChI is InChI=1S/C14H14N2O6/c17-8-15-6-4-14(5-7-16-9-18)3-1-2-10(12(19)20)11(14)13(21)22/h1,3H,2,4-7H2,(H,19,20)(H,21,22). The number of allylic oxidation sites excluding steroid dienone is 2. The van der Waals surface area contributed by atoms with Crippen molar-refractivity contribution in [2.24, 2.45) is 15.4 Å². The molecule has 0 heterocycles. The fourth-order valence-corrected chi connectivity index (χ4v) is 2.57. The number of carbonyl (C=O) groups excluding carboxylic acids is 2. The van der Waals surface area contributed by atoms with Gasteiger partial charge in [-0.2, -0.15) is 0 Å². The highest BCUT2D eigenvalue weighted by Gasteiger charge is 2.40. The number of aliphatic carboxylic acids is 2. The molecule has 0 bridgehead atoms. The highest BCUT2D eigenvalue weighted by atomic mass is 16.4. The van der Waals surface area contributed by atoms with Gasteiger partial charge < -0.3 is 10.2 Å². The van der Waals surface area contributed by atoms with E-state index in [1.165, 1.54) is 12.2 Å². The maximum atomic E-state index is 11.6. The summed E-state index contributed by atoms with van der Waals surface area (Å²) in [6, 6.07) is 0. The van der Waals surface area contributed by atoms with Gasteiger partial charge in [0.2, 0.25) is 12.2 Å². The molecule has 0 spiro atoms. The third kappa shape index (κ3) is 3.85. The van der Waals surface area contributed by atoms with Crippen LogP contribution in [0.15, 0.2) is 33.3 Å². The molecule has 0 fully saturated rings. The van der Waals surface area contributed by atoms with Crippen LogP contribution in [-0.2, 0) is 19.2 Å². The van der Waals surface area contributed by atoms with E-state index in [4.69, 9.17) is 0 Å². The van der Waals surface area contributed by atoms with Gasteiger partial charge in [-0.15, -0.1) is 0 Å². The minimum absolute atomic E-state index is 0.00733. The molecule has 1 rings (SSSR count). The number of carboxylic acids is 2. The molecule has 0 aromatic carbocycles. The van der Waals surface area contributed by atoms with Crippen LogP contribution in [0.5, 0.6) is 0 Å². The molecule has 0 saturated carbocycles. The lowest BCUT2D eigenvalue weighted by molar-refractivity contribution is -0.137. The minimum atomic E-state index is -1.35. The number of hydrogen-bond acceptors (Lipinski definition) is 6. The minimum Gasteiger partial charge on any atom is -0.478 e. The van der Waals surface area contributed by atoms with Crippen molar-refractivity contribution in [1.82, 2.24) is 0 Å². The van der Waals surface area contributed by atoms with Gasteiger partial charge in [0.15, 0.2) is 0 Å². The second-order valence-corrected chi connectivity index (χ2v) is 4.67. The summed E-state index contributed by atoms with van der Waals surface area (Å²) in [5, 5.41) is 18.6. The molecule has 8 heteroatoms. The zero-order chi connectivity index (χ0) is 16.6. The molecule has 22 heavy (non-hydrogen) atoms. The first-order valence-corrected chi connectivity index (χ1v) is 6.43. The molecule has 0 saturated heterocycles. The number of nitrogens with zero attached hydrogens (tertiary/aromatic N) is 2. The molecular weight excluding hydrogens is 292 g/mol. The van der Waals surface area contributed by atoms with E-state index in [1.807, 2.05) is 0 Å². The molecule has 0 aliphatic heterocycles. The van der Waals surface area contributed by atoms with E-state index in [-0.39, 0.29) is 43.5 Å². The van der Waals surface area contributed by atoms with Gasteiger partial charge in [-0.3, -0.25) is 0 Å². The maximum absolute atomic E-state index is 11.6. The van der Waals surface area contributed by atoms with E-state index in [2.05, 4.69) is 9.98 Å². The summed E-state index contributed by atoms with van der Waals surface area (Å²) < 4.78 is 0. The largest absolute Gasteiger partial charge is 0.478 e. The molecule has 0 radical (unpaired) electrons. The van der Waals surface area contributed by atoms with E-state index < -0.39 is 17.4 Å². The Balaban J connectivity index is 3.34. The van der Waals surface area contributed by atoms with Crippen LogP contribution >= 0.6 is 0 Å². The predicted octanol–water partition coefficient (Wildman–Crippen LogP) is 0.850. The van der Waals surface area contributed by atoms with Crippen molar-refractivity contribution < 1.29 is 29.4 Å². The van der Waals surface area contributed by atoms with Gasteiger partial charge in [-0.05, 0) is 19.3 Å². The molecule has 2 N–H and O–H groups in total. The van der Waals surface area contributed by atoms with E-state index >= 15 is 0 Å². The molecule has 116 valence electrons. The average molecular weight is 306 g/mol. The zero-order valence-electron chi connectivity index (χ0n) is 11.6. The molecular formula is C14H14N2O6. The molecule has 0 unspecified atom stereocenters. The SMILES string of the molecule is O=C=NCCC1(CCN=C=O)C=CCC(C(=O)O)=C1C(=O)O. The Bertz CT molecular complexity index is 599. The molecule has 0 atom stereocenters. The van der Waals surface area contributed by atoms with Gasteiger partial charge in [-0.25, -0.2) is 29.2 Å². The van der Waals surface area contributed by atoms with Crippen LogP contribution in [0.1, 0.15) is 19.3 Å². The first kappa shape index (κ1) is 17.2. The number of hydrogen-bond donors (Lipinski definition) is 2. The smallest absolute Gasteiger partial charge is 0.333 e. The Kier molecular flexibility index (Phi) is 6.13. The van der Waals surface area contributed by atoms with Gasteiger partial charge in [0.25, 0.3) is 0 Å². The van der Waals surface area contributed by atoms with Crippen molar-refractivity contribution in [3.05, 3.63) is 23.3 Å². The number of aliphatic imine (C=N–C) groups is 2. The molecule has 0 amide bonds.